The lowest BCUT2D eigenvalue weighted by molar-refractivity contribution is 0.0685. The van der Waals surface area contributed by atoms with Crippen molar-refractivity contribution in [2.75, 3.05) is 6.54 Å². The van der Waals surface area contributed by atoms with Crippen molar-refractivity contribution in [3.8, 4) is 0 Å². The second kappa shape index (κ2) is 7.61. The molecule has 0 saturated carbocycles. The summed E-state index contributed by atoms with van der Waals surface area (Å²) in [5.74, 6) is -0.832. The minimum atomic E-state index is -3.66. The molecule has 7 heteroatoms. The molecule has 0 saturated heterocycles. The van der Waals surface area contributed by atoms with E-state index in [0.717, 1.165) is 19.3 Å². The highest BCUT2D eigenvalue weighted by Gasteiger charge is 2.21. The SMILES string of the molecule is CCCn1cc(S(=O)(=O)NCC(CC)CC)cc1C(=O)O. The van der Waals surface area contributed by atoms with E-state index < -0.39 is 16.0 Å². The number of aryl methyl sites for hydroxylation is 1. The Morgan fingerprint density at radius 2 is 1.95 bits per heavy atom. The first-order valence-corrected chi connectivity index (χ1v) is 8.77. The zero-order chi connectivity index (χ0) is 16.0. The van der Waals surface area contributed by atoms with Gasteiger partial charge in [0.25, 0.3) is 0 Å². The fourth-order valence-electron chi connectivity index (χ4n) is 2.12. The first kappa shape index (κ1) is 17.7. The molecule has 0 amide bonds. The summed E-state index contributed by atoms with van der Waals surface area (Å²) in [5, 5.41) is 9.13. The van der Waals surface area contributed by atoms with Crippen LogP contribution >= 0.6 is 0 Å². The summed E-state index contributed by atoms with van der Waals surface area (Å²) in [4.78, 5) is 11.2. The molecule has 0 aliphatic carbocycles. The molecule has 1 rings (SSSR count). The molecule has 0 aliphatic rings. The summed E-state index contributed by atoms with van der Waals surface area (Å²) >= 11 is 0. The van der Waals surface area contributed by atoms with Gasteiger partial charge >= 0.3 is 5.97 Å². The van der Waals surface area contributed by atoms with Crippen molar-refractivity contribution >= 4 is 16.0 Å². The topological polar surface area (TPSA) is 88.4 Å². The highest BCUT2D eigenvalue weighted by Crippen LogP contribution is 2.16. The maximum absolute atomic E-state index is 12.2. The fourth-order valence-corrected chi connectivity index (χ4v) is 3.28. The lowest BCUT2D eigenvalue weighted by Gasteiger charge is -2.12. The number of nitrogens with one attached hydrogen (secondary N) is 1. The van der Waals surface area contributed by atoms with Gasteiger partial charge in [-0.3, -0.25) is 0 Å². The molecule has 21 heavy (non-hydrogen) atoms. The average Bonchev–Trinajstić information content (AvgIpc) is 2.85. The molecule has 0 spiro atoms. The molecule has 6 nitrogen and oxygen atoms in total. The van der Waals surface area contributed by atoms with Gasteiger partial charge in [-0.25, -0.2) is 17.9 Å². The Hall–Kier alpha value is -1.34. The van der Waals surface area contributed by atoms with Gasteiger partial charge in [0.15, 0.2) is 0 Å². The molecule has 0 unspecified atom stereocenters. The lowest BCUT2D eigenvalue weighted by Crippen LogP contribution is -2.28. The molecule has 0 fully saturated rings. The van der Waals surface area contributed by atoms with E-state index in [1.54, 1.807) is 0 Å². The van der Waals surface area contributed by atoms with Gasteiger partial charge in [-0.1, -0.05) is 33.6 Å². The van der Waals surface area contributed by atoms with E-state index in [2.05, 4.69) is 4.72 Å². The molecule has 0 aromatic carbocycles. The smallest absolute Gasteiger partial charge is 0.352 e. The molecule has 1 aromatic rings. The Morgan fingerprint density at radius 1 is 1.33 bits per heavy atom. The van der Waals surface area contributed by atoms with Crippen LogP contribution < -0.4 is 4.72 Å². The number of rotatable bonds is 9. The van der Waals surface area contributed by atoms with Crippen LogP contribution in [0.2, 0.25) is 0 Å². The van der Waals surface area contributed by atoms with Crippen molar-refractivity contribution in [1.82, 2.24) is 9.29 Å². The minimum Gasteiger partial charge on any atom is -0.477 e. The molecule has 0 radical (unpaired) electrons. The summed E-state index contributed by atoms with van der Waals surface area (Å²) in [6.07, 6.45) is 3.92. The Kier molecular flexibility index (Phi) is 6.42. The fraction of sp³-hybridized carbons (Fsp3) is 0.643. The second-order valence-corrected chi connectivity index (χ2v) is 6.86. The molecular formula is C14H24N2O4S. The van der Waals surface area contributed by atoms with Crippen molar-refractivity contribution < 1.29 is 18.3 Å². The maximum Gasteiger partial charge on any atom is 0.352 e. The zero-order valence-electron chi connectivity index (χ0n) is 12.8. The summed E-state index contributed by atoms with van der Waals surface area (Å²) < 4.78 is 28.5. The highest BCUT2D eigenvalue weighted by molar-refractivity contribution is 7.89. The largest absolute Gasteiger partial charge is 0.477 e. The van der Waals surface area contributed by atoms with Gasteiger partial charge in [0.2, 0.25) is 10.0 Å². The van der Waals surface area contributed by atoms with Crippen LogP contribution in [0.25, 0.3) is 0 Å². The first-order chi connectivity index (χ1) is 9.85. The first-order valence-electron chi connectivity index (χ1n) is 7.28. The number of aromatic nitrogens is 1. The standard InChI is InChI=1S/C14H24N2O4S/c1-4-7-16-10-12(8-13(16)14(17)18)21(19,20)15-9-11(5-2)6-3/h8,10-11,15H,4-7,9H2,1-3H3,(H,17,18). The molecule has 2 N–H and O–H groups in total. The molecule has 1 heterocycles. The monoisotopic (exact) mass is 316 g/mol. The normalized spacial score (nSPS) is 12.0. The van der Waals surface area contributed by atoms with Gasteiger partial charge in [0.05, 0.1) is 0 Å². The van der Waals surface area contributed by atoms with Crippen LogP contribution in [0.4, 0.5) is 0 Å². The summed E-state index contributed by atoms with van der Waals surface area (Å²) in [6.45, 7) is 6.79. The molecular weight excluding hydrogens is 292 g/mol. The number of carboxylic acid groups (broad SMARTS) is 1. The van der Waals surface area contributed by atoms with Crippen molar-refractivity contribution in [2.45, 2.75) is 51.5 Å². The van der Waals surface area contributed by atoms with Gasteiger partial charge in [-0.15, -0.1) is 0 Å². The van der Waals surface area contributed by atoms with Crippen LogP contribution in [0, 0.1) is 5.92 Å². The lowest BCUT2D eigenvalue weighted by atomic mass is 10.0. The zero-order valence-corrected chi connectivity index (χ0v) is 13.6. The highest BCUT2D eigenvalue weighted by atomic mass is 32.2. The summed E-state index contributed by atoms with van der Waals surface area (Å²) in [5.41, 5.74) is -0.000224. The van der Waals surface area contributed by atoms with Crippen molar-refractivity contribution in [1.29, 1.82) is 0 Å². The third-order valence-electron chi connectivity index (χ3n) is 3.58. The number of nitrogens with zero attached hydrogens (tertiary/aromatic N) is 1. The summed E-state index contributed by atoms with van der Waals surface area (Å²) in [6, 6.07) is 1.22. The van der Waals surface area contributed by atoms with Crippen LogP contribution in [-0.2, 0) is 16.6 Å². The van der Waals surface area contributed by atoms with Gasteiger partial charge < -0.3 is 9.67 Å². The van der Waals surface area contributed by atoms with E-state index in [1.807, 2.05) is 20.8 Å². The van der Waals surface area contributed by atoms with E-state index in [0.29, 0.717) is 13.1 Å². The number of hydrogen-bond acceptors (Lipinski definition) is 3. The minimum absolute atomic E-state index is 0.000224. The second-order valence-electron chi connectivity index (χ2n) is 5.09. The Bertz CT molecular complexity index is 574. The van der Waals surface area contributed by atoms with Crippen LogP contribution in [0.3, 0.4) is 0 Å². The van der Waals surface area contributed by atoms with Gasteiger partial charge in [-0.05, 0) is 18.4 Å². The maximum atomic E-state index is 12.2. The molecule has 1 aromatic heterocycles. The van der Waals surface area contributed by atoms with E-state index in [1.165, 1.54) is 16.8 Å². The summed E-state index contributed by atoms with van der Waals surface area (Å²) in [7, 11) is -3.66. The van der Waals surface area contributed by atoms with E-state index in [9.17, 15) is 13.2 Å². The van der Waals surface area contributed by atoms with E-state index in [-0.39, 0.29) is 16.5 Å². The molecule has 0 aliphatic heterocycles. The number of carbonyl (C=O) groups is 1. The quantitative estimate of drug-likeness (QED) is 0.731. The molecule has 120 valence electrons. The van der Waals surface area contributed by atoms with Gasteiger partial charge in [0, 0.05) is 19.3 Å². The number of hydrogen-bond donors (Lipinski definition) is 2. The Labute approximate surface area is 126 Å². The predicted octanol–water partition coefficient (Wildman–Crippen LogP) is 2.31. The number of sulfonamides is 1. The average molecular weight is 316 g/mol. The third-order valence-corrected chi connectivity index (χ3v) is 4.97. The predicted molar refractivity (Wildman–Crippen MR) is 80.9 cm³/mol. The Morgan fingerprint density at radius 3 is 2.43 bits per heavy atom. The van der Waals surface area contributed by atoms with Crippen molar-refractivity contribution in [3.63, 3.8) is 0 Å². The van der Waals surface area contributed by atoms with E-state index in [4.69, 9.17) is 5.11 Å². The third kappa shape index (κ3) is 4.57. The van der Waals surface area contributed by atoms with Crippen LogP contribution in [0.15, 0.2) is 17.2 Å². The van der Waals surface area contributed by atoms with Gasteiger partial charge in [0.1, 0.15) is 10.6 Å². The Balaban J connectivity index is 2.97. The number of carboxylic acids is 1. The van der Waals surface area contributed by atoms with Crippen LogP contribution in [-0.4, -0.2) is 30.6 Å². The number of aromatic carboxylic acids is 1. The van der Waals surface area contributed by atoms with E-state index >= 15 is 0 Å². The van der Waals surface area contributed by atoms with Crippen LogP contribution in [0.1, 0.15) is 50.5 Å². The molecule has 0 bridgehead atoms. The van der Waals surface area contributed by atoms with Gasteiger partial charge in [-0.2, -0.15) is 0 Å². The van der Waals surface area contributed by atoms with Crippen molar-refractivity contribution in [2.24, 2.45) is 5.92 Å². The van der Waals surface area contributed by atoms with Crippen LogP contribution in [0.5, 0.6) is 0 Å². The molecule has 0 atom stereocenters. The van der Waals surface area contributed by atoms with Crippen molar-refractivity contribution in [3.05, 3.63) is 18.0 Å².